The van der Waals surface area contributed by atoms with Crippen LogP contribution >= 0.6 is 0 Å². The average molecular weight is 378 g/mol. The molecular weight excluding hydrogens is 350 g/mol. The molecule has 1 aliphatic rings. The van der Waals surface area contributed by atoms with E-state index in [9.17, 15) is 8.78 Å². The van der Waals surface area contributed by atoms with Crippen molar-refractivity contribution < 1.29 is 17.9 Å². The lowest BCUT2D eigenvalue weighted by Crippen LogP contribution is -2.37. The minimum atomic E-state index is -2.78. The molecule has 27 heavy (non-hydrogen) atoms. The molecule has 3 rings (SSSR count). The van der Waals surface area contributed by atoms with Crippen LogP contribution in [-0.2, 0) is 13.1 Å². The molecule has 0 N–H and O–H groups in total. The van der Waals surface area contributed by atoms with Gasteiger partial charge in [-0.05, 0) is 75.6 Å². The van der Waals surface area contributed by atoms with Crippen molar-refractivity contribution in [2.75, 3.05) is 26.7 Å². The molecule has 0 spiro atoms. The van der Waals surface area contributed by atoms with Crippen LogP contribution < -0.4 is 4.74 Å². The van der Waals surface area contributed by atoms with E-state index in [1.165, 1.54) is 12.8 Å². The maximum absolute atomic E-state index is 12.2. The predicted octanol–water partition coefficient (Wildman–Crippen LogP) is 4.53. The van der Waals surface area contributed by atoms with Gasteiger partial charge in [0.15, 0.2) is 0 Å². The molecule has 6 heteroatoms. The molecule has 1 fully saturated rings. The molecule has 4 nitrogen and oxygen atoms in total. The molecule has 1 aromatic heterocycles. The number of halogens is 2. The van der Waals surface area contributed by atoms with Crippen molar-refractivity contribution in [2.24, 2.45) is 5.92 Å². The van der Waals surface area contributed by atoms with Crippen molar-refractivity contribution in [1.82, 2.24) is 9.80 Å². The van der Waals surface area contributed by atoms with E-state index in [1.54, 1.807) is 12.1 Å². The fourth-order valence-electron chi connectivity index (χ4n) is 3.71. The Morgan fingerprint density at radius 2 is 1.85 bits per heavy atom. The Hall–Kier alpha value is -1.92. The Morgan fingerprint density at radius 3 is 2.44 bits per heavy atom. The molecule has 0 saturated carbocycles. The molecule has 0 atom stereocenters. The third-order valence-corrected chi connectivity index (χ3v) is 5.05. The monoisotopic (exact) mass is 378 g/mol. The molecule has 0 bridgehead atoms. The van der Waals surface area contributed by atoms with E-state index in [-0.39, 0.29) is 5.75 Å². The van der Waals surface area contributed by atoms with Gasteiger partial charge in [-0.2, -0.15) is 8.78 Å². The van der Waals surface area contributed by atoms with Crippen molar-refractivity contribution in [3.8, 4) is 5.75 Å². The fraction of sp³-hybridized carbons (Fsp3) is 0.524. The van der Waals surface area contributed by atoms with Gasteiger partial charge >= 0.3 is 6.61 Å². The SMILES string of the molecule is Cc1ccc(CN2CCC(CN(C)Cc3ccc(OC(F)F)cc3)CC2)o1. The zero-order valence-corrected chi connectivity index (χ0v) is 16.0. The third kappa shape index (κ3) is 6.33. The second-order valence-electron chi connectivity index (χ2n) is 7.45. The number of alkyl halides is 2. The summed E-state index contributed by atoms with van der Waals surface area (Å²) in [5.74, 6) is 2.90. The van der Waals surface area contributed by atoms with Crippen LogP contribution in [-0.4, -0.2) is 43.1 Å². The lowest BCUT2D eigenvalue weighted by molar-refractivity contribution is -0.0498. The highest BCUT2D eigenvalue weighted by Gasteiger charge is 2.21. The topological polar surface area (TPSA) is 28.9 Å². The standard InChI is InChI=1S/C21H28F2N2O2/c1-16-3-6-20(26-16)15-25-11-9-18(10-12-25)14-24(2)13-17-4-7-19(8-5-17)27-21(22)23/h3-8,18,21H,9-15H2,1-2H3. The number of piperidine rings is 1. The lowest BCUT2D eigenvalue weighted by Gasteiger charge is -2.33. The lowest BCUT2D eigenvalue weighted by atomic mass is 9.96. The summed E-state index contributed by atoms with van der Waals surface area (Å²) < 4.78 is 34.5. The summed E-state index contributed by atoms with van der Waals surface area (Å²) in [4.78, 5) is 4.76. The van der Waals surface area contributed by atoms with Gasteiger partial charge in [0, 0.05) is 13.1 Å². The van der Waals surface area contributed by atoms with Gasteiger partial charge in [0.1, 0.15) is 17.3 Å². The molecule has 2 heterocycles. The summed E-state index contributed by atoms with van der Waals surface area (Å²) in [6.45, 7) is 4.13. The first-order valence-corrected chi connectivity index (χ1v) is 9.48. The normalized spacial score (nSPS) is 16.4. The van der Waals surface area contributed by atoms with E-state index in [4.69, 9.17) is 4.42 Å². The van der Waals surface area contributed by atoms with Gasteiger partial charge in [0.05, 0.1) is 6.54 Å². The molecule has 0 radical (unpaired) electrons. The van der Waals surface area contributed by atoms with Crippen LogP contribution in [0.15, 0.2) is 40.8 Å². The maximum Gasteiger partial charge on any atom is 0.387 e. The number of rotatable bonds is 8. The van der Waals surface area contributed by atoms with Gasteiger partial charge in [0.25, 0.3) is 0 Å². The third-order valence-electron chi connectivity index (χ3n) is 5.05. The first-order chi connectivity index (χ1) is 13.0. The van der Waals surface area contributed by atoms with Crippen molar-refractivity contribution in [3.05, 3.63) is 53.5 Å². The molecule has 0 unspecified atom stereocenters. The first-order valence-electron chi connectivity index (χ1n) is 9.48. The summed E-state index contributed by atoms with van der Waals surface area (Å²) in [6, 6.07) is 11.0. The summed E-state index contributed by atoms with van der Waals surface area (Å²) in [7, 11) is 2.11. The van der Waals surface area contributed by atoms with Crippen molar-refractivity contribution in [2.45, 2.75) is 39.5 Å². The minimum absolute atomic E-state index is 0.204. The van der Waals surface area contributed by atoms with E-state index >= 15 is 0 Å². The van der Waals surface area contributed by atoms with Gasteiger partial charge in [-0.1, -0.05) is 12.1 Å². The van der Waals surface area contributed by atoms with Crippen molar-refractivity contribution in [3.63, 3.8) is 0 Å². The van der Waals surface area contributed by atoms with Crippen molar-refractivity contribution in [1.29, 1.82) is 0 Å². The van der Waals surface area contributed by atoms with Gasteiger partial charge in [0.2, 0.25) is 0 Å². The highest BCUT2D eigenvalue weighted by Crippen LogP contribution is 2.22. The number of ether oxygens (including phenoxy) is 1. The van der Waals surface area contributed by atoms with Gasteiger partial charge in [-0.25, -0.2) is 0 Å². The van der Waals surface area contributed by atoms with Crippen LogP contribution in [0.3, 0.4) is 0 Å². The van der Waals surface area contributed by atoms with Crippen LogP contribution in [0, 0.1) is 12.8 Å². The zero-order chi connectivity index (χ0) is 19.2. The van der Waals surface area contributed by atoms with Crippen LogP contribution in [0.5, 0.6) is 5.75 Å². The molecule has 1 saturated heterocycles. The molecule has 2 aromatic rings. The number of benzene rings is 1. The second-order valence-corrected chi connectivity index (χ2v) is 7.45. The van der Waals surface area contributed by atoms with Crippen molar-refractivity contribution >= 4 is 0 Å². The maximum atomic E-state index is 12.2. The smallest absolute Gasteiger partial charge is 0.387 e. The summed E-state index contributed by atoms with van der Waals surface area (Å²) in [5.41, 5.74) is 1.10. The zero-order valence-electron chi connectivity index (χ0n) is 16.0. The van der Waals surface area contributed by atoms with E-state index in [2.05, 4.69) is 27.7 Å². The molecule has 1 aromatic carbocycles. The molecule has 0 aliphatic carbocycles. The minimum Gasteiger partial charge on any atom is -0.465 e. The number of nitrogens with zero attached hydrogens (tertiary/aromatic N) is 2. The fourth-order valence-corrected chi connectivity index (χ4v) is 3.71. The molecule has 1 aliphatic heterocycles. The summed E-state index contributed by atoms with van der Waals surface area (Å²) in [6.07, 6.45) is 2.37. The summed E-state index contributed by atoms with van der Waals surface area (Å²) >= 11 is 0. The Balaban J connectivity index is 1.39. The largest absolute Gasteiger partial charge is 0.465 e. The average Bonchev–Trinajstić information content (AvgIpc) is 3.03. The van der Waals surface area contributed by atoms with Gasteiger partial charge < -0.3 is 14.1 Å². The number of aryl methyl sites for hydroxylation is 1. The number of likely N-dealkylation sites (tertiary alicyclic amines) is 1. The van der Waals surface area contributed by atoms with Crippen LogP contribution in [0.1, 0.15) is 29.9 Å². The van der Waals surface area contributed by atoms with E-state index < -0.39 is 6.61 Å². The van der Waals surface area contributed by atoms with E-state index in [1.807, 2.05) is 25.1 Å². The predicted molar refractivity (Wildman–Crippen MR) is 101 cm³/mol. The summed E-state index contributed by atoms with van der Waals surface area (Å²) in [5, 5.41) is 0. The Bertz CT molecular complexity index is 694. The first kappa shape index (κ1) is 19.8. The quantitative estimate of drug-likeness (QED) is 0.675. The van der Waals surface area contributed by atoms with Crippen LogP contribution in [0.2, 0.25) is 0 Å². The number of furan rings is 1. The van der Waals surface area contributed by atoms with E-state index in [0.29, 0.717) is 5.92 Å². The number of hydrogen-bond acceptors (Lipinski definition) is 4. The van der Waals surface area contributed by atoms with Gasteiger partial charge in [-0.15, -0.1) is 0 Å². The second kappa shape index (κ2) is 9.33. The van der Waals surface area contributed by atoms with E-state index in [0.717, 1.165) is 49.8 Å². The molecular formula is C21H28F2N2O2. The molecule has 148 valence electrons. The Morgan fingerprint density at radius 1 is 1.15 bits per heavy atom. The molecule has 0 amide bonds. The van der Waals surface area contributed by atoms with Crippen LogP contribution in [0.25, 0.3) is 0 Å². The number of hydrogen-bond donors (Lipinski definition) is 0. The van der Waals surface area contributed by atoms with Crippen LogP contribution in [0.4, 0.5) is 8.78 Å². The Labute approximate surface area is 159 Å². The highest BCUT2D eigenvalue weighted by atomic mass is 19.3. The van der Waals surface area contributed by atoms with Gasteiger partial charge in [-0.3, -0.25) is 4.90 Å². The Kier molecular flexibility index (Phi) is 6.85. The highest BCUT2D eigenvalue weighted by molar-refractivity contribution is 5.27.